The summed E-state index contributed by atoms with van der Waals surface area (Å²) < 4.78 is 6.19. The van der Waals surface area contributed by atoms with Gasteiger partial charge in [-0.1, -0.05) is 29.4 Å². The Hall–Kier alpha value is -2.16. The number of aromatic nitrogens is 3. The molecule has 1 atom stereocenters. The molecule has 1 aromatic carbocycles. The van der Waals surface area contributed by atoms with Crippen LogP contribution in [0, 0.1) is 0 Å². The van der Waals surface area contributed by atoms with Crippen LogP contribution in [0.2, 0.25) is 5.02 Å². The average Bonchev–Trinajstić information content (AvgIpc) is 3.12. The highest BCUT2D eigenvalue weighted by atomic mass is 35.5. The number of amides is 1. The number of fused-ring (bicyclic) bond motifs is 3. The third kappa shape index (κ3) is 2.94. The Labute approximate surface area is 163 Å². The van der Waals surface area contributed by atoms with Crippen molar-refractivity contribution in [2.24, 2.45) is 0 Å². The average molecular weight is 405 g/mol. The fraction of sp³-hybridized carbons (Fsp3) is 0.176. The summed E-state index contributed by atoms with van der Waals surface area (Å²) in [6.45, 7) is 1.50. The number of carbonyl (C=O) groups is 1. The van der Waals surface area contributed by atoms with Gasteiger partial charge in [0.15, 0.2) is 5.69 Å². The Morgan fingerprint density at radius 3 is 2.88 bits per heavy atom. The van der Waals surface area contributed by atoms with E-state index in [0.29, 0.717) is 33.0 Å². The number of thiophene rings is 1. The number of hydrogen-bond donors (Lipinski definition) is 0. The molecule has 1 amide bonds. The maximum atomic E-state index is 12.5. The second-order valence-electron chi connectivity index (χ2n) is 5.49. The number of halogens is 1. The molecule has 1 aliphatic heterocycles. The van der Waals surface area contributed by atoms with Crippen molar-refractivity contribution in [3.8, 4) is 17.1 Å². The fourth-order valence-electron chi connectivity index (χ4n) is 2.78. The van der Waals surface area contributed by atoms with Crippen molar-refractivity contribution < 1.29 is 9.53 Å². The Kier molecular flexibility index (Phi) is 4.56. The number of rotatable bonds is 2. The zero-order chi connectivity index (χ0) is 18.3. The molecule has 1 aliphatic rings. The van der Waals surface area contributed by atoms with E-state index in [1.54, 1.807) is 23.1 Å². The lowest BCUT2D eigenvalue weighted by Gasteiger charge is -2.28. The maximum absolute atomic E-state index is 12.5. The summed E-state index contributed by atoms with van der Waals surface area (Å²) in [5.41, 5.74) is 1.78. The van der Waals surface area contributed by atoms with Crippen molar-refractivity contribution in [1.82, 2.24) is 15.2 Å². The molecule has 3 aromatic rings. The monoisotopic (exact) mass is 404 g/mol. The summed E-state index contributed by atoms with van der Waals surface area (Å²) in [6.07, 6.45) is 1.23. The number of carbonyl (C=O) groups excluding carboxylic acids is 1. The summed E-state index contributed by atoms with van der Waals surface area (Å²) in [5.74, 6) is 0.174. The van der Waals surface area contributed by atoms with E-state index in [4.69, 9.17) is 16.3 Å². The highest BCUT2D eigenvalue weighted by Crippen LogP contribution is 2.44. The summed E-state index contributed by atoms with van der Waals surface area (Å²) in [5, 5.41) is 11.4. The first-order valence-electron chi connectivity index (χ1n) is 7.67. The Morgan fingerprint density at radius 1 is 1.35 bits per heavy atom. The van der Waals surface area contributed by atoms with Crippen LogP contribution in [-0.4, -0.2) is 27.3 Å². The van der Waals surface area contributed by atoms with E-state index >= 15 is 0 Å². The molecule has 0 aliphatic carbocycles. The van der Waals surface area contributed by atoms with Gasteiger partial charge in [-0.3, -0.25) is 9.69 Å². The molecule has 0 saturated carbocycles. The van der Waals surface area contributed by atoms with Crippen molar-refractivity contribution in [3.05, 3.63) is 45.6 Å². The molecule has 132 valence electrons. The standard InChI is InChI=1S/C17H13ClN4O2S2/c1-9(23)22-12-6-5-10(18)8-11(12)14-15(19-17(25-2)21-20-14)24-16(22)13-4-3-7-26-13/h3-8,16H,1-2H3. The van der Waals surface area contributed by atoms with Gasteiger partial charge in [0.1, 0.15) is 0 Å². The predicted octanol–water partition coefficient (Wildman–Crippen LogP) is 4.42. The Balaban J connectivity index is 2.00. The molecular weight excluding hydrogens is 392 g/mol. The minimum atomic E-state index is -0.639. The topological polar surface area (TPSA) is 68.2 Å². The molecule has 1 unspecified atom stereocenters. The van der Waals surface area contributed by atoms with Crippen LogP contribution in [0.25, 0.3) is 11.3 Å². The highest BCUT2D eigenvalue weighted by Gasteiger charge is 2.35. The van der Waals surface area contributed by atoms with Crippen LogP contribution in [0.5, 0.6) is 5.88 Å². The smallest absolute Gasteiger partial charge is 0.247 e. The Morgan fingerprint density at radius 2 is 2.19 bits per heavy atom. The van der Waals surface area contributed by atoms with Crippen LogP contribution < -0.4 is 9.64 Å². The first kappa shape index (κ1) is 17.3. The largest absolute Gasteiger partial charge is 0.446 e. The SMILES string of the molecule is CSc1nnc2c(n1)OC(c1cccs1)N(C(C)=O)c1ccc(Cl)cc1-2. The molecule has 0 radical (unpaired) electrons. The van der Waals surface area contributed by atoms with E-state index in [1.807, 2.05) is 23.8 Å². The fourth-order valence-corrected chi connectivity index (χ4v) is 3.99. The summed E-state index contributed by atoms with van der Waals surface area (Å²) in [6, 6.07) is 9.13. The van der Waals surface area contributed by atoms with Crippen LogP contribution in [0.4, 0.5) is 5.69 Å². The number of thioether (sulfide) groups is 1. The van der Waals surface area contributed by atoms with Crippen LogP contribution in [0.3, 0.4) is 0 Å². The maximum Gasteiger partial charge on any atom is 0.247 e. The summed E-state index contributed by atoms with van der Waals surface area (Å²) in [7, 11) is 0. The molecule has 4 rings (SSSR count). The third-order valence-corrected chi connectivity index (χ3v) is 5.55. The molecule has 0 bridgehead atoms. The minimum absolute atomic E-state index is 0.155. The molecule has 6 nitrogen and oxygen atoms in total. The van der Waals surface area contributed by atoms with Crippen molar-refractivity contribution in [1.29, 1.82) is 0 Å². The summed E-state index contributed by atoms with van der Waals surface area (Å²) in [4.78, 5) is 19.5. The lowest BCUT2D eigenvalue weighted by molar-refractivity contribution is -0.118. The van der Waals surface area contributed by atoms with E-state index < -0.39 is 6.23 Å². The third-order valence-electron chi connectivity index (χ3n) is 3.87. The molecule has 2 aromatic heterocycles. The molecule has 0 saturated heterocycles. The van der Waals surface area contributed by atoms with Gasteiger partial charge < -0.3 is 4.74 Å². The van der Waals surface area contributed by atoms with Gasteiger partial charge in [-0.05, 0) is 35.9 Å². The number of benzene rings is 1. The first-order valence-corrected chi connectivity index (χ1v) is 10.1. The normalized spacial score (nSPS) is 15.7. The van der Waals surface area contributed by atoms with Gasteiger partial charge in [0.25, 0.3) is 0 Å². The van der Waals surface area contributed by atoms with Gasteiger partial charge in [0.2, 0.25) is 23.2 Å². The zero-order valence-electron chi connectivity index (χ0n) is 13.8. The Bertz CT molecular complexity index is 981. The molecule has 26 heavy (non-hydrogen) atoms. The number of anilines is 1. The van der Waals surface area contributed by atoms with Crippen LogP contribution >= 0.6 is 34.7 Å². The molecule has 0 N–H and O–H groups in total. The first-order chi connectivity index (χ1) is 12.6. The van der Waals surface area contributed by atoms with Crippen molar-refractivity contribution >= 4 is 46.3 Å². The molecule has 0 spiro atoms. The van der Waals surface area contributed by atoms with E-state index in [-0.39, 0.29) is 5.91 Å². The van der Waals surface area contributed by atoms with Crippen molar-refractivity contribution in [3.63, 3.8) is 0 Å². The van der Waals surface area contributed by atoms with Gasteiger partial charge in [-0.25, -0.2) is 0 Å². The molecular formula is C17H13ClN4O2S2. The van der Waals surface area contributed by atoms with E-state index in [2.05, 4.69) is 15.2 Å². The van der Waals surface area contributed by atoms with Crippen LogP contribution in [0.15, 0.2) is 40.9 Å². The van der Waals surface area contributed by atoms with Gasteiger partial charge in [-0.15, -0.1) is 21.5 Å². The molecule has 9 heteroatoms. The van der Waals surface area contributed by atoms with Gasteiger partial charge in [0.05, 0.1) is 10.6 Å². The van der Waals surface area contributed by atoms with E-state index in [0.717, 1.165) is 4.88 Å². The molecule has 0 fully saturated rings. The molecule has 3 heterocycles. The summed E-state index contributed by atoms with van der Waals surface area (Å²) >= 11 is 9.08. The van der Waals surface area contributed by atoms with Gasteiger partial charge >= 0.3 is 0 Å². The van der Waals surface area contributed by atoms with E-state index in [9.17, 15) is 4.79 Å². The second-order valence-corrected chi connectivity index (χ2v) is 7.68. The van der Waals surface area contributed by atoms with Crippen molar-refractivity contribution in [2.45, 2.75) is 18.3 Å². The number of hydrogen-bond acceptors (Lipinski definition) is 7. The second kappa shape index (κ2) is 6.86. The number of nitrogens with zero attached hydrogens (tertiary/aromatic N) is 4. The lowest BCUT2D eigenvalue weighted by atomic mass is 10.1. The number of ether oxygens (including phenoxy) is 1. The van der Waals surface area contributed by atoms with E-state index in [1.165, 1.54) is 30.0 Å². The van der Waals surface area contributed by atoms with Crippen LogP contribution in [-0.2, 0) is 4.79 Å². The predicted molar refractivity (Wildman–Crippen MR) is 103 cm³/mol. The van der Waals surface area contributed by atoms with Crippen LogP contribution in [0.1, 0.15) is 18.0 Å². The highest BCUT2D eigenvalue weighted by molar-refractivity contribution is 7.98. The quantitative estimate of drug-likeness (QED) is 0.589. The van der Waals surface area contributed by atoms with Crippen molar-refractivity contribution in [2.75, 3.05) is 11.2 Å². The lowest BCUT2D eigenvalue weighted by Crippen LogP contribution is -2.35. The van der Waals surface area contributed by atoms with Gasteiger partial charge in [-0.2, -0.15) is 4.98 Å². The minimum Gasteiger partial charge on any atom is -0.446 e. The zero-order valence-corrected chi connectivity index (χ0v) is 16.2. The van der Waals surface area contributed by atoms with Gasteiger partial charge in [0, 0.05) is 17.5 Å².